The van der Waals surface area contributed by atoms with E-state index in [0.717, 1.165) is 5.56 Å². The van der Waals surface area contributed by atoms with Crippen LogP contribution in [0.25, 0.3) is 6.08 Å². The third-order valence-corrected chi connectivity index (χ3v) is 6.62. The van der Waals surface area contributed by atoms with E-state index in [-0.39, 0.29) is 23.9 Å². The van der Waals surface area contributed by atoms with E-state index < -0.39 is 10.0 Å². The topological polar surface area (TPSA) is 57.7 Å². The summed E-state index contributed by atoms with van der Waals surface area (Å²) in [7, 11) is -3.62. The minimum Gasteiger partial charge on any atom is -0.337 e. The van der Waals surface area contributed by atoms with Crippen LogP contribution < -0.4 is 0 Å². The van der Waals surface area contributed by atoms with Gasteiger partial charge in [-0.2, -0.15) is 4.31 Å². The maximum atomic E-state index is 12.7. The molecule has 0 N–H and O–H groups in total. The van der Waals surface area contributed by atoms with Gasteiger partial charge in [-0.25, -0.2) is 8.42 Å². The molecule has 0 aliphatic carbocycles. The number of hydrogen-bond acceptors (Lipinski definition) is 3. The van der Waals surface area contributed by atoms with Crippen molar-refractivity contribution in [3.63, 3.8) is 0 Å². The smallest absolute Gasteiger partial charge is 0.246 e. The number of nitrogens with zero attached hydrogens (tertiary/aromatic N) is 2. The lowest BCUT2D eigenvalue weighted by Gasteiger charge is -2.33. The number of rotatable bonds is 4. The molecule has 0 aromatic heterocycles. The summed E-state index contributed by atoms with van der Waals surface area (Å²) in [5, 5.41) is 0.973. The normalized spacial score (nSPS) is 16.0. The van der Waals surface area contributed by atoms with Gasteiger partial charge in [0, 0.05) is 42.3 Å². The SMILES string of the molecule is O=C(C=Cc1cccc(Cl)c1)N1CCN(S(=O)(=O)c2cccc(Cl)c2)CC1. The summed E-state index contributed by atoms with van der Waals surface area (Å²) < 4.78 is 26.8. The van der Waals surface area contributed by atoms with E-state index in [2.05, 4.69) is 0 Å². The number of amides is 1. The minimum absolute atomic E-state index is 0.158. The van der Waals surface area contributed by atoms with Gasteiger partial charge in [-0.1, -0.05) is 41.4 Å². The third kappa shape index (κ3) is 4.90. The number of hydrogen-bond donors (Lipinski definition) is 0. The number of sulfonamides is 1. The van der Waals surface area contributed by atoms with Crippen molar-refractivity contribution in [3.8, 4) is 0 Å². The maximum Gasteiger partial charge on any atom is 0.246 e. The van der Waals surface area contributed by atoms with Crippen molar-refractivity contribution in [2.45, 2.75) is 4.90 Å². The molecule has 27 heavy (non-hydrogen) atoms. The molecule has 1 fully saturated rings. The first kappa shape index (κ1) is 19.9. The average Bonchev–Trinajstić information content (AvgIpc) is 2.66. The Morgan fingerprint density at radius 2 is 1.56 bits per heavy atom. The van der Waals surface area contributed by atoms with Crippen molar-refractivity contribution in [3.05, 3.63) is 70.2 Å². The van der Waals surface area contributed by atoms with E-state index in [0.29, 0.717) is 23.1 Å². The number of carbonyl (C=O) groups is 1. The summed E-state index contributed by atoms with van der Waals surface area (Å²) in [6.45, 7) is 1.15. The fourth-order valence-electron chi connectivity index (χ4n) is 2.81. The Balaban J connectivity index is 1.62. The highest BCUT2D eigenvalue weighted by atomic mass is 35.5. The highest BCUT2D eigenvalue weighted by Gasteiger charge is 2.29. The summed E-state index contributed by atoms with van der Waals surface area (Å²) >= 11 is 11.8. The molecule has 142 valence electrons. The van der Waals surface area contributed by atoms with Gasteiger partial charge in [0.2, 0.25) is 15.9 Å². The lowest BCUT2D eigenvalue weighted by atomic mass is 10.2. The van der Waals surface area contributed by atoms with E-state index >= 15 is 0 Å². The van der Waals surface area contributed by atoms with Crippen LogP contribution in [0.4, 0.5) is 0 Å². The van der Waals surface area contributed by atoms with E-state index in [9.17, 15) is 13.2 Å². The fraction of sp³-hybridized carbons (Fsp3) is 0.211. The molecule has 1 saturated heterocycles. The van der Waals surface area contributed by atoms with Crippen LogP contribution in [0.5, 0.6) is 0 Å². The van der Waals surface area contributed by atoms with E-state index in [1.54, 1.807) is 35.2 Å². The lowest BCUT2D eigenvalue weighted by Crippen LogP contribution is -2.50. The predicted octanol–water partition coefficient (Wildman–Crippen LogP) is 3.54. The highest BCUT2D eigenvalue weighted by Crippen LogP contribution is 2.21. The maximum absolute atomic E-state index is 12.7. The van der Waals surface area contributed by atoms with Gasteiger partial charge in [0.05, 0.1) is 4.90 Å². The van der Waals surface area contributed by atoms with Crippen LogP contribution in [-0.4, -0.2) is 49.7 Å². The molecular formula is C19H18Cl2N2O3S. The molecular weight excluding hydrogens is 407 g/mol. The summed E-state index contributed by atoms with van der Waals surface area (Å²) in [6.07, 6.45) is 3.18. The zero-order valence-corrected chi connectivity index (χ0v) is 16.7. The van der Waals surface area contributed by atoms with Crippen LogP contribution in [0.3, 0.4) is 0 Å². The Labute approximate surface area is 168 Å². The van der Waals surface area contributed by atoms with E-state index in [1.807, 2.05) is 12.1 Å². The number of benzene rings is 2. The van der Waals surface area contributed by atoms with Crippen LogP contribution in [0, 0.1) is 0 Å². The summed E-state index contributed by atoms with van der Waals surface area (Å²) in [4.78, 5) is 14.1. The zero-order chi connectivity index (χ0) is 19.4. The van der Waals surface area contributed by atoms with Crippen LogP contribution >= 0.6 is 23.2 Å². The Morgan fingerprint density at radius 3 is 2.19 bits per heavy atom. The molecule has 1 aliphatic rings. The van der Waals surface area contributed by atoms with Gasteiger partial charge >= 0.3 is 0 Å². The summed E-state index contributed by atoms with van der Waals surface area (Å²) in [6, 6.07) is 13.4. The molecule has 2 aromatic carbocycles. The van der Waals surface area contributed by atoms with Gasteiger partial charge in [0.1, 0.15) is 0 Å². The van der Waals surface area contributed by atoms with Crippen molar-refractivity contribution in [1.82, 2.24) is 9.21 Å². The summed E-state index contributed by atoms with van der Waals surface area (Å²) in [5.74, 6) is -0.158. The van der Waals surface area contributed by atoms with Crippen molar-refractivity contribution in [2.75, 3.05) is 26.2 Å². The van der Waals surface area contributed by atoms with Crippen LogP contribution in [0.2, 0.25) is 10.0 Å². The Kier molecular flexibility index (Phi) is 6.22. The average molecular weight is 425 g/mol. The van der Waals surface area contributed by atoms with Crippen LogP contribution in [0.15, 0.2) is 59.5 Å². The molecule has 1 heterocycles. The van der Waals surface area contributed by atoms with Crippen molar-refractivity contribution in [2.24, 2.45) is 0 Å². The standard InChI is InChI=1S/C19H18Cl2N2O3S/c20-16-4-1-3-15(13-16)7-8-19(24)22-9-11-23(12-10-22)27(25,26)18-6-2-5-17(21)14-18/h1-8,13-14H,9-12H2. The molecule has 8 heteroatoms. The molecule has 0 radical (unpaired) electrons. The van der Waals surface area contributed by atoms with Crippen LogP contribution in [-0.2, 0) is 14.8 Å². The molecule has 2 aromatic rings. The molecule has 3 rings (SSSR count). The molecule has 0 spiro atoms. The third-order valence-electron chi connectivity index (χ3n) is 4.25. The molecule has 0 unspecified atom stereocenters. The van der Waals surface area contributed by atoms with Crippen molar-refractivity contribution in [1.29, 1.82) is 0 Å². The Morgan fingerprint density at radius 1 is 0.926 bits per heavy atom. The number of piperazine rings is 1. The Bertz CT molecular complexity index is 968. The van der Waals surface area contributed by atoms with Crippen molar-refractivity contribution < 1.29 is 13.2 Å². The summed E-state index contributed by atoms with van der Waals surface area (Å²) in [5.41, 5.74) is 0.832. The first-order valence-corrected chi connectivity index (χ1v) is 10.5. The first-order valence-electron chi connectivity index (χ1n) is 8.34. The predicted molar refractivity (Wildman–Crippen MR) is 107 cm³/mol. The Hall–Kier alpha value is -1.86. The number of halogens is 2. The molecule has 1 amide bonds. The van der Waals surface area contributed by atoms with Crippen molar-refractivity contribution >= 4 is 45.2 Å². The van der Waals surface area contributed by atoms with Gasteiger partial charge in [-0.05, 0) is 42.0 Å². The van der Waals surface area contributed by atoms with Gasteiger partial charge < -0.3 is 4.90 Å². The highest BCUT2D eigenvalue weighted by molar-refractivity contribution is 7.89. The van der Waals surface area contributed by atoms with Gasteiger partial charge in [-0.3, -0.25) is 4.79 Å². The fourth-order valence-corrected chi connectivity index (χ4v) is 4.73. The van der Waals surface area contributed by atoms with Gasteiger partial charge in [-0.15, -0.1) is 0 Å². The molecule has 0 saturated carbocycles. The zero-order valence-electron chi connectivity index (χ0n) is 14.4. The molecule has 0 bridgehead atoms. The quantitative estimate of drug-likeness (QED) is 0.705. The second-order valence-electron chi connectivity index (χ2n) is 6.08. The largest absolute Gasteiger partial charge is 0.337 e. The second-order valence-corrected chi connectivity index (χ2v) is 8.89. The molecule has 1 aliphatic heterocycles. The molecule has 5 nitrogen and oxygen atoms in total. The second kappa shape index (κ2) is 8.44. The monoisotopic (exact) mass is 424 g/mol. The van der Waals surface area contributed by atoms with Gasteiger partial charge in [0.25, 0.3) is 0 Å². The molecule has 0 atom stereocenters. The number of carbonyl (C=O) groups excluding carboxylic acids is 1. The van der Waals surface area contributed by atoms with Gasteiger partial charge in [0.15, 0.2) is 0 Å². The van der Waals surface area contributed by atoms with E-state index in [1.165, 1.54) is 22.5 Å². The van der Waals surface area contributed by atoms with E-state index in [4.69, 9.17) is 23.2 Å². The lowest BCUT2D eigenvalue weighted by molar-refractivity contribution is -0.127. The minimum atomic E-state index is -3.62. The van der Waals surface area contributed by atoms with Crippen LogP contribution in [0.1, 0.15) is 5.56 Å². The first-order chi connectivity index (χ1) is 12.9.